The second kappa shape index (κ2) is 7.90. The number of para-hydroxylation sites is 1. The van der Waals surface area contributed by atoms with Crippen LogP contribution < -0.4 is 10.1 Å². The number of halogens is 2. The van der Waals surface area contributed by atoms with Crippen LogP contribution in [0.1, 0.15) is 16.1 Å². The summed E-state index contributed by atoms with van der Waals surface area (Å²) < 4.78 is 30.7. The number of hydrogen-bond acceptors (Lipinski definition) is 4. The molecule has 1 aromatic carbocycles. The minimum Gasteiger partial charge on any atom is -0.485 e. The number of benzene rings is 1. The Morgan fingerprint density at radius 1 is 1.28 bits per heavy atom. The fraction of sp³-hybridized carbons (Fsp3) is 0.238. The normalized spacial score (nSPS) is 13.5. The Morgan fingerprint density at radius 2 is 2.07 bits per heavy atom. The van der Waals surface area contributed by atoms with Crippen LogP contribution in [0.15, 0.2) is 48.8 Å². The van der Waals surface area contributed by atoms with E-state index in [4.69, 9.17) is 4.74 Å². The second-order valence-corrected chi connectivity index (χ2v) is 6.77. The van der Waals surface area contributed by atoms with Crippen molar-refractivity contribution < 1.29 is 18.3 Å². The van der Waals surface area contributed by atoms with Gasteiger partial charge in [-0.3, -0.25) is 9.78 Å². The number of anilines is 2. The standard InChI is InChI=1S/C21H20F2N4O2/c1-27-10-8-15-18(21(27)28)20(25-13-5-3-2-4-6-13)19(26-15)14-7-9-24-11-16(14)29-12-17(22)23/h2-7,9,11,17,25-26H,8,10,12H2,1H3. The van der Waals surface area contributed by atoms with Crippen LogP contribution >= 0.6 is 0 Å². The molecule has 3 aromatic rings. The maximum Gasteiger partial charge on any atom is 0.272 e. The van der Waals surface area contributed by atoms with Gasteiger partial charge in [-0.25, -0.2) is 8.78 Å². The number of hydrogen-bond donors (Lipinski definition) is 2. The van der Waals surface area contributed by atoms with Crippen molar-refractivity contribution in [2.75, 3.05) is 25.5 Å². The average Bonchev–Trinajstić information content (AvgIpc) is 3.09. The number of nitrogens with zero attached hydrogens (tertiary/aromatic N) is 2. The zero-order valence-electron chi connectivity index (χ0n) is 15.8. The van der Waals surface area contributed by atoms with E-state index in [1.54, 1.807) is 24.2 Å². The first-order valence-electron chi connectivity index (χ1n) is 9.22. The van der Waals surface area contributed by atoms with Gasteiger partial charge in [0.1, 0.15) is 12.4 Å². The highest BCUT2D eigenvalue weighted by Crippen LogP contribution is 2.40. The summed E-state index contributed by atoms with van der Waals surface area (Å²) in [6, 6.07) is 11.1. The lowest BCUT2D eigenvalue weighted by molar-refractivity contribution is 0.0781. The molecule has 0 bridgehead atoms. The number of fused-ring (bicyclic) bond motifs is 1. The van der Waals surface area contributed by atoms with Crippen molar-refractivity contribution in [1.29, 1.82) is 0 Å². The Labute approximate surface area is 166 Å². The topological polar surface area (TPSA) is 70.2 Å². The fourth-order valence-electron chi connectivity index (χ4n) is 3.39. The number of nitrogens with one attached hydrogen (secondary N) is 2. The van der Waals surface area contributed by atoms with Gasteiger partial charge in [-0.1, -0.05) is 18.2 Å². The zero-order chi connectivity index (χ0) is 20.4. The summed E-state index contributed by atoms with van der Waals surface area (Å²) in [5, 5.41) is 3.32. The Kier molecular flexibility index (Phi) is 5.16. The molecule has 0 saturated heterocycles. The van der Waals surface area contributed by atoms with Gasteiger partial charge < -0.3 is 19.9 Å². The van der Waals surface area contributed by atoms with Gasteiger partial charge in [0.15, 0.2) is 0 Å². The Hall–Kier alpha value is -3.42. The first-order valence-corrected chi connectivity index (χ1v) is 9.22. The van der Waals surface area contributed by atoms with Crippen LogP contribution in [-0.4, -0.2) is 47.4 Å². The van der Waals surface area contributed by atoms with Crippen molar-refractivity contribution in [3.8, 4) is 17.0 Å². The van der Waals surface area contributed by atoms with Gasteiger partial charge in [-0.15, -0.1) is 0 Å². The SMILES string of the molecule is CN1CCc2[nH]c(-c3ccncc3OCC(F)F)c(Nc3ccccc3)c2C1=O. The van der Waals surface area contributed by atoms with Gasteiger partial charge in [0.2, 0.25) is 0 Å². The second-order valence-electron chi connectivity index (χ2n) is 6.77. The Bertz CT molecular complexity index is 1020. The number of aromatic amines is 1. The molecule has 6 nitrogen and oxygen atoms in total. The molecule has 0 unspecified atom stereocenters. The molecule has 0 saturated carbocycles. The van der Waals surface area contributed by atoms with E-state index in [9.17, 15) is 13.6 Å². The molecule has 1 amide bonds. The predicted molar refractivity (Wildman–Crippen MR) is 106 cm³/mol. The quantitative estimate of drug-likeness (QED) is 0.656. The average molecular weight is 398 g/mol. The number of carbonyl (C=O) groups excluding carboxylic acids is 1. The van der Waals surface area contributed by atoms with E-state index in [-0.39, 0.29) is 11.7 Å². The number of ether oxygens (including phenoxy) is 1. The minimum absolute atomic E-state index is 0.101. The molecule has 2 N–H and O–H groups in total. The number of amides is 1. The third kappa shape index (κ3) is 3.78. The molecule has 0 radical (unpaired) electrons. The highest BCUT2D eigenvalue weighted by Gasteiger charge is 2.30. The van der Waals surface area contributed by atoms with Crippen LogP contribution in [0.5, 0.6) is 5.75 Å². The number of pyridine rings is 1. The van der Waals surface area contributed by atoms with Crippen LogP contribution in [0.2, 0.25) is 0 Å². The van der Waals surface area contributed by atoms with Gasteiger partial charge in [-0.05, 0) is 18.2 Å². The van der Waals surface area contributed by atoms with Crippen LogP contribution in [0, 0.1) is 0 Å². The molecule has 2 aromatic heterocycles. The van der Waals surface area contributed by atoms with Crippen molar-refractivity contribution in [2.24, 2.45) is 0 Å². The summed E-state index contributed by atoms with van der Waals surface area (Å²) in [5.74, 6) is 0.125. The lowest BCUT2D eigenvalue weighted by Gasteiger charge is -2.23. The maximum atomic E-state index is 12.9. The van der Waals surface area contributed by atoms with Crippen LogP contribution in [0.3, 0.4) is 0 Å². The number of aromatic nitrogens is 2. The first-order chi connectivity index (χ1) is 14.0. The molecule has 8 heteroatoms. The van der Waals surface area contributed by atoms with Crippen molar-refractivity contribution in [1.82, 2.24) is 14.9 Å². The molecule has 0 spiro atoms. The third-order valence-corrected chi connectivity index (χ3v) is 4.80. The summed E-state index contributed by atoms with van der Waals surface area (Å²) in [4.78, 5) is 21.9. The molecule has 150 valence electrons. The molecule has 0 atom stereocenters. The maximum absolute atomic E-state index is 12.9. The van der Waals surface area contributed by atoms with E-state index in [1.807, 2.05) is 30.3 Å². The van der Waals surface area contributed by atoms with Crippen molar-refractivity contribution in [2.45, 2.75) is 12.8 Å². The summed E-state index contributed by atoms with van der Waals surface area (Å²) in [6.45, 7) is -0.135. The Balaban J connectivity index is 1.84. The number of likely N-dealkylation sites (N-methyl/N-ethyl adjacent to an activating group) is 1. The van der Waals surface area contributed by atoms with Gasteiger partial charge in [0.05, 0.1) is 23.1 Å². The van der Waals surface area contributed by atoms with Crippen LogP contribution in [0.4, 0.5) is 20.2 Å². The lowest BCUT2D eigenvalue weighted by Crippen LogP contribution is -2.34. The van der Waals surface area contributed by atoms with E-state index in [0.717, 1.165) is 11.4 Å². The van der Waals surface area contributed by atoms with Gasteiger partial charge in [-0.2, -0.15) is 0 Å². The van der Waals surface area contributed by atoms with Gasteiger partial charge in [0.25, 0.3) is 12.3 Å². The molecule has 0 fully saturated rings. The fourth-order valence-corrected chi connectivity index (χ4v) is 3.39. The van der Waals surface area contributed by atoms with Crippen LogP contribution in [-0.2, 0) is 6.42 Å². The number of H-pyrrole nitrogens is 1. The van der Waals surface area contributed by atoms with E-state index in [0.29, 0.717) is 35.5 Å². The van der Waals surface area contributed by atoms with Gasteiger partial charge in [0, 0.05) is 43.2 Å². The van der Waals surface area contributed by atoms with Crippen LogP contribution in [0.25, 0.3) is 11.3 Å². The highest BCUT2D eigenvalue weighted by atomic mass is 19.3. The first kappa shape index (κ1) is 18.9. The molecule has 3 heterocycles. The van der Waals surface area contributed by atoms with Crippen molar-refractivity contribution in [3.05, 3.63) is 60.0 Å². The summed E-state index contributed by atoms with van der Waals surface area (Å²) in [7, 11) is 1.76. The molecule has 29 heavy (non-hydrogen) atoms. The van der Waals surface area contributed by atoms with E-state index in [2.05, 4.69) is 15.3 Å². The minimum atomic E-state index is -2.60. The molecular formula is C21H20F2N4O2. The number of alkyl halides is 2. The molecule has 1 aliphatic heterocycles. The van der Waals surface area contributed by atoms with Crippen molar-refractivity contribution in [3.63, 3.8) is 0 Å². The monoisotopic (exact) mass is 398 g/mol. The molecular weight excluding hydrogens is 378 g/mol. The smallest absolute Gasteiger partial charge is 0.272 e. The van der Waals surface area contributed by atoms with Crippen molar-refractivity contribution >= 4 is 17.3 Å². The molecule has 4 rings (SSSR count). The molecule has 0 aliphatic carbocycles. The van der Waals surface area contributed by atoms with E-state index in [1.165, 1.54) is 6.20 Å². The summed E-state index contributed by atoms with van der Waals surface area (Å²) >= 11 is 0. The molecule has 1 aliphatic rings. The largest absolute Gasteiger partial charge is 0.485 e. The Morgan fingerprint density at radius 3 is 2.83 bits per heavy atom. The number of carbonyl (C=O) groups is 1. The van der Waals surface area contributed by atoms with E-state index < -0.39 is 13.0 Å². The zero-order valence-corrected chi connectivity index (χ0v) is 15.8. The summed E-state index contributed by atoms with van der Waals surface area (Å²) in [6.07, 6.45) is 1.03. The third-order valence-electron chi connectivity index (χ3n) is 4.80. The number of rotatable bonds is 6. The lowest BCUT2D eigenvalue weighted by atomic mass is 10.0. The predicted octanol–water partition coefficient (Wildman–Crippen LogP) is 4.09. The van der Waals surface area contributed by atoms with Gasteiger partial charge >= 0.3 is 0 Å². The summed E-state index contributed by atoms with van der Waals surface area (Å²) in [5.41, 5.74) is 3.92. The highest BCUT2D eigenvalue weighted by molar-refractivity contribution is 6.06. The van der Waals surface area contributed by atoms with E-state index >= 15 is 0 Å².